The molecule has 0 aromatic heterocycles. The summed E-state index contributed by atoms with van der Waals surface area (Å²) in [5.74, 6) is -0.0577. The molecule has 1 atom stereocenters. The molecule has 3 heteroatoms. The molecule has 0 aromatic carbocycles. The van der Waals surface area contributed by atoms with E-state index in [2.05, 4.69) is 6.92 Å². The minimum absolute atomic E-state index is 0.0577. The van der Waals surface area contributed by atoms with Crippen molar-refractivity contribution in [2.24, 2.45) is 0 Å². The molecule has 0 aliphatic heterocycles. The number of esters is 1. The van der Waals surface area contributed by atoms with Gasteiger partial charge in [0, 0.05) is 0 Å². The molecule has 0 radical (unpaired) electrons. The van der Waals surface area contributed by atoms with Gasteiger partial charge in [-0.2, -0.15) is 0 Å². The Kier molecular flexibility index (Phi) is 5.96. The first-order valence-electron chi connectivity index (χ1n) is 3.17. The van der Waals surface area contributed by atoms with Gasteiger partial charge in [-0.25, -0.2) is 0 Å². The van der Waals surface area contributed by atoms with Crippen LogP contribution in [0.2, 0.25) is 0 Å². The van der Waals surface area contributed by atoms with Gasteiger partial charge in [-0.1, -0.05) is 6.92 Å². The summed E-state index contributed by atoms with van der Waals surface area (Å²) in [5.41, 5.74) is 0. The highest BCUT2D eigenvalue weighted by atomic mass is 31.1. The Labute approximate surface area is 57.8 Å². The SMILES string of the molecule is CCOC(=O)CPCC. The van der Waals surface area contributed by atoms with E-state index in [0.717, 1.165) is 14.7 Å². The number of carbonyl (C=O) groups is 1. The van der Waals surface area contributed by atoms with E-state index in [1.807, 2.05) is 6.92 Å². The first kappa shape index (κ1) is 8.90. The lowest BCUT2D eigenvalue weighted by atomic mass is 10.8. The Balaban J connectivity index is 3.06. The minimum atomic E-state index is -0.0577. The zero-order chi connectivity index (χ0) is 7.11. The zero-order valence-electron chi connectivity index (χ0n) is 5.94. The minimum Gasteiger partial charge on any atom is -0.466 e. The summed E-state index contributed by atoms with van der Waals surface area (Å²) in [7, 11) is 0.731. The largest absolute Gasteiger partial charge is 0.466 e. The van der Waals surface area contributed by atoms with Crippen molar-refractivity contribution in [3.63, 3.8) is 0 Å². The van der Waals surface area contributed by atoms with Gasteiger partial charge in [0.2, 0.25) is 0 Å². The van der Waals surface area contributed by atoms with Crippen LogP contribution < -0.4 is 0 Å². The van der Waals surface area contributed by atoms with E-state index < -0.39 is 0 Å². The molecule has 0 saturated heterocycles. The van der Waals surface area contributed by atoms with Crippen molar-refractivity contribution in [2.45, 2.75) is 13.8 Å². The number of rotatable bonds is 4. The second kappa shape index (κ2) is 6.03. The van der Waals surface area contributed by atoms with Gasteiger partial charge in [-0.3, -0.25) is 4.79 Å². The summed E-state index contributed by atoms with van der Waals surface area (Å²) < 4.78 is 4.71. The Hall–Kier alpha value is -0.100. The second-order valence-corrected chi connectivity index (χ2v) is 3.15. The van der Waals surface area contributed by atoms with E-state index in [4.69, 9.17) is 4.74 Å². The molecule has 0 fully saturated rings. The first-order chi connectivity index (χ1) is 4.31. The van der Waals surface area contributed by atoms with E-state index in [1.54, 1.807) is 0 Å². The maximum atomic E-state index is 10.6. The zero-order valence-corrected chi connectivity index (χ0v) is 6.94. The predicted octanol–water partition coefficient (Wildman–Crippen LogP) is 1.25. The fraction of sp³-hybridized carbons (Fsp3) is 0.833. The second-order valence-electron chi connectivity index (χ2n) is 1.59. The van der Waals surface area contributed by atoms with Crippen LogP contribution in [0.4, 0.5) is 0 Å². The maximum absolute atomic E-state index is 10.6. The van der Waals surface area contributed by atoms with Gasteiger partial charge >= 0.3 is 5.97 Å². The summed E-state index contributed by atoms with van der Waals surface area (Å²) in [4.78, 5) is 10.6. The Morgan fingerprint density at radius 1 is 1.56 bits per heavy atom. The monoisotopic (exact) mass is 148 g/mol. The average Bonchev–Trinajstić information content (AvgIpc) is 1.85. The van der Waals surface area contributed by atoms with Gasteiger partial charge in [0.25, 0.3) is 0 Å². The molecule has 0 amide bonds. The number of ether oxygens (including phenoxy) is 1. The molecule has 0 aromatic rings. The van der Waals surface area contributed by atoms with Crippen LogP contribution in [0, 0.1) is 0 Å². The summed E-state index contributed by atoms with van der Waals surface area (Å²) in [6.07, 6.45) is 1.68. The van der Waals surface area contributed by atoms with Crippen LogP contribution in [-0.2, 0) is 9.53 Å². The lowest BCUT2D eigenvalue weighted by Crippen LogP contribution is -2.05. The summed E-state index contributed by atoms with van der Waals surface area (Å²) >= 11 is 0. The topological polar surface area (TPSA) is 26.3 Å². The summed E-state index contributed by atoms with van der Waals surface area (Å²) in [6.45, 7) is 4.40. The molecule has 0 N–H and O–H groups in total. The van der Waals surface area contributed by atoms with Crippen LogP contribution in [0.15, 0.2) is 0 Å². The maximum Gasteiger partial charge on any atom is 0.309 e. The summed E-state index contributed by atoms with van der Waals surface area (Å²) in [6, 6.07) is 0. The van der Waals surface area contributed by atoms with Crippen LogP contribution >= 0.6 is 8.58 Å². The fourth-order valence-electron chi connectivity index (χ4n) is 0.439. The third kappa shape index (κ3) is 5.78. The van der Waals surface area contributed by atoms with E-state index in [1.165, 1.54) is 0 Å². The van der Waals surface area contributed by atoms with Crippen LogP contribution in [0.25, 0.3) is 0 Å². The first-order valence-corrected chi connectivity index (χ1v) is 4.59. The molecule has 9 heavy (non-hydrogen) atoms. The lowest BCUT2D eigenvalue weighted by molar-refractivity contribution is -0.139. The van der Waals surface area contributed by atoms with Crippen LogP contribution in [0.5, 0.6) is 0 Å². The van der Waals surface area contributed by atoms with Gasteiger partial charge < -0.3 is 4.74 Å². The molecule has 0 aliphatic carbocycles. The van der Waals surface area contributed by atoms with Crippen molar-refractivity contribution in [2.75, 3.05) is 18.9 Å². The normalized spacial score (nSPS) is 10.4. The standard InChI is InChI=1S/C6H13O2P/c1-3-8-6(7)5-9-4-2/h9H,3-5H2,1-2H3. The molecule has 0 rings (SSSR count). The highest BCUT2D eigenvalue weighted by Gasteiger charge is 1.97. The van der Waals surface area contributed by atoms with Gasteiger partial charge in [0.15, 0.2) is 0 Å². The van der Waals surface area contributed by atoms with Crippen molar-refractivity contribution in [3.8, 4) is 0 Å². The Morgan fingerprint density at radius 3 is 2.67 bits per heavy atom. The molecule has 0 spiro atoms. The third-order valence-electron chi connectivity index (χ3n) is 0.825. The van der Waals surface area contributed by atoms with E-state index in [-0.39, 0.29) is 5.97 Å². The number of hydrogen-bond acceptors (Lipinski definition) is 2. The molecule has 0 aliphatic rings. The lowest BCUT2D eigenvalue weighted by Gasteiger charge is -1.98. The van der Waals surface area contributed by atoms with Crippen molar-refractivity contribution < 1.29 is 9.53 Å². The molecule has 0 saturated carbocycles. The Morgan fingerprint density at radius 2 is 2.22 bits per heavy atom. The molecular formula is C6H13O2P. The molecule has 0 heterocycles. The fourth-order valence-corrected chi connectivity index (χ4v) is 0.995. The van der Waals surface area contributed by atoms with Crippen LogP contribution in [-0.4, -0.2) is 24.9 Å². The predicted molar refractivity (Wildman–Crippen MR) is 40.4 cm³/mol. The molecule has 1 unspecified atom stereocenters. The summed E-state index contributed by atoms with van der Waals surface area (Å²) in [5, 5.41) is 0. The van der Waals surface area contributed by atoms with Gasteiger partial charge in [0.1, 0.15) is 0 Å². The molecular weight excluding hydrogens is 135 g/mol. The average molecular weight is 148 g/mol. The highest BCUT2D eigenvalue weighted by Crippen LogP contribution is 2.07. The van der Waals surface area contributed by atoms with Gasteiger partial charge in [0.05, 0.1) is 12.8 Å². The molecule has 2 nitrogen and oxygen atoms in total. The number of carbonyl (C=O) groups excluding carboxylic acids is 1. The third-order valence-corrected chi connectivity index (χ3v) is 1.86. The smallest absolute Gasteiger partial charge is 0.309 e. The highest BCUT2D eigenvalue weighted by molar-refractivity contribution is 7.39. The Bertz CT molecular complexity index is 83.1. The van der Waals surface area contributed by atoms with Gasteiger partial charge in [-0.05, 0) is 13.1 Å². The van der Waals surface area contributed by atoms with E-state index in [0.29, 0.717) is 12.8 Å². The van der Waals surface area contributed by atoms with Gasteiger partial charge in [-0.15, -0.1) is 8.58 Å². The quantitative estimate of drug-likeness (QED) is 0.443. The van der Waals surface area contributed by atoms with Crippen molar-refractivity contribution in [3.05, 3.63) is 0 Å². The van der Waals surface area contributed by atoms with Crippen LogP contribution in [0.3, 0.4) is 0 Å². The van der Waals surface area contributed by atoms with Crippen molar-refractivity contribution in [1.82, 2.24) is 0 Å². The van der Waals surface area contributed by atoms with Crippen LogP contribution in [0.1, 0.15) is 13.8 Å². The van der Waals surface area contributed by atoms with Crippen molar-refractivity contribution >= 4 is 14.6 Å². The van der Waals surface area contributed by atoms with Crippen molar-refractivity contribution in [1.29, 1.82) is 0 Å². The number of hydrogen-bond donors (Lipinski definition) is 0. The molecule has 0 bridgehead atoms. The van der Waals surface area contributed by atoms with E-state index in [9.17, 15) is 4.79 Å². The molecule has 54 valence electrons. The van der Waals surface area contributed by atoms with E-state index >= 15 is 0 Å².